The van der Waals surface area contributed by atoms with Gasteiger partial charge in [0.2, 0.25) is 0 Å². The standard InChI is InChI=1S/C14H19BrN2O2/c1-14(2)8-4-3-5-13(14)16-11-7-6-10(15)9-12(11)17(18)19/h6-7,9,13,16H,3-5,8H2,1-2H3. The molecular weight excluding hydrogens is 308 g/mol. The van der Waals surface area contributed by atoms with E-state index in [9.17, 15) is 10.1 Å². The van der Waals surface area contributed by atoms with E-state index >= 15 is 0 Å². The molecule has 1 N–H and O–H groups in total. The third-order valence-corrected chi connectivity index (χ3v) is 4.49. The highest BCUT2D eigenvalue weighted by molar-refractivity contribution is 9.10. The van der Waals surface area contributed by atoms with Crippen molar-refractivity contribution in [2.24, 2.45) is 5.41 Å². The predicted molar refractivity (Wildman–Crippen MR) is 80.5 cm³/mol. The van der Waals surface area contributed by atoms with Gasteiger partial charge in [0.1, 0.15) is 5.69 Å². The molecule has 1 saturated carbocycles. The number of anilines is 1. The van der Waals surface area contributed by atoms with Crippen LogP contribution in [-0.2, 0) is 0 Å². The maximum atomic E-state index is 11.1. The Morgan fingerprint density at radius 3 is 2.79 bits per heavy atom. The van der Waals surface area contributed by atoms with Gasteiger partial charge in [-0.3, -0.25) is 10.1 Å². The quantitative estimate of drug-likeness (QED) is 0.644. The smallest absolute Gasteiger partial charge is 0.293 e. The summed E-state index contributed by atoms with van der Waals surface area (Å²) in [5, 5.41) is 14.5. The molecule has 0 saturated heterocycles. The molecule has 1 atom stereocenters. The molecular formula is C14H19BrN2O2. The lowest BCUT2D eigenvalue weighted by molar-refractivity contribution is -0.384. The lowest BCUT2D eigenvalue weighted by atomic mass is 9.73. The molecule has 104 valence electrons. The van der Waals surface area contributed by atoms with E-state index in [-0.39, 0.29) is 16.0 Å². The van der Waals surface area contributed by atoms with Crippen molar-refractivity contribution in [1.82, 2.24) is 0 Å². The van der Waals surface area contributed by atoms with Gasteiger partial charge in [-0.25, -0.2) is 0 Å². The highest BCUT2D eigenvalue weighted by Gasteiger charge is 2.33. The Kier molecular flexibility index (Phi) is 4.13. The van der Waals surface area contributed by atoms with Crippen LogP contribution in [0.2, 0.25) is 0 Å². The van der Waals surface area contributed by atoms with Crippen LogP contribution in [0.4, 0.5) is 11.4 Å². The third kappa shape index (κ3) is 3.26. The first-order valence-electron chi connectivity index (χ1n) is 6.60. The van der Waals surface area contributed by atoms with Gasteiger partial charge < -0.3 is 5.32 Å². The second kappa shape index (κ2) is 5.49. The van der Waals surface area contributed by atoms with Crippen molar-refractivity contribution in [2.75, 3.05) is 5.32 Å². The first-order chi connectivity index (χ1) is 8.90. The van der Waals surface area contributed by atoms with Gasteiger partial charge >= 0.3 is 0 Å². The second-order valence-corrected chi connectivity index (χ2v) is 6.77. The van der Waals surface area contributed by atoms with Crippen LogP contribution in [-0.4, -0.2) is 11.0 Å². The Hall–Kier alpha value is -1.10. The maximum absolute atomic E-state index is 11.1. The summed E-state index contributed by atoms with van der Waals surface area (Å²) in [4.78, 5) is 10.8. The van der Waals surface area contributed by atoms with Crippen molar-refractivity contribution in [2.45, 2.75) is 45.6 Å². The topological polar surface area (TPSA) is 55.2 Å². The number of halogens is 1. The van der Waals surface area contributed by atoms with E-state index in [1.807, 2.05) is 6.07 Å². The van der Waals surface area contributed by atoms with Crippen LogP contribution in [0.25, 0.3) is 0 Å². The largest absolute Gasteiger partial charge is 0.376 e. The van der Waals surface area contributed by atoms with E-state index in [2.05, 4.69) is 35.1 Å². The summed E-state index contributed by atoms with van der Waals surface area (Å²) in [5.41, 5.74) is 0.933. The van der Waals surface area contributed by atoms with E-state index in [1.54, 1.807) is 12.1 Å². The number of benzene rings is 1. The number of hydrogen-bond donors (Lipinski definition) is 1. The number of nitro benzene ring substituents is 1. The summed E-state index contributed by atoms with van der Waals surface area (Å²) in [6.07, 6.45) is 4.66. The van der Waals surface area contributed by atoms with E-state index in [0.717, 1.165) is 17.3 Å². The van der Waals surface area contributed by atoms with Gasteiger partial charge in [0.05, 0.1) is 4.92 Å². The summed E-state index contributed by atoms with van der Waals surface area (Å²) < 4.78 is 0.729. The Balaban J connectivity index is 2.25. The average Bonchev–Trinajstić information content (AvgIpc) is 2.33. The Morgan fingerprint density at radius 2 is 2.16 bits per heavy atom. The van der Waals surface area contributed by atoms with Gasteiger partial charge in [-0.1, -0.05) is 42.6 Å². The third-order valence-electron chi connectivity index (χ3n) is 3.99. The van der Waals surface area contributed by atoms with Crippen molar-refractivity contribution in [1.29, 1.82) is 0 Å². The molecule has 0 heterocycles. The fourth-order valence-corrected chi connectivity index (χ4v) is 3.08. The van der Waals surface area contributed by atoms with Crippen LogP contribution in [0.3, 0.4) is 0 Å². The van der Waals surface area contributed by atoms with Gasteiger partial charge in [0.15, 0.2) is 0 Å². The molecule has 0 amide bonds. The molecule has 0 aliphatic heterocycles. The first kappa shape index (κ1) is 14.3. The van der Waals surface area contributed by atoms with Crippen molar-refractivity contribution in [3.8, 4) is 0 Å². The molecule has 4 nitrogen and oxygen atoms in total. The SMILES string of the molecule is CC1(C)CCCCC1Nc1ccc(Br)cc1[N+](=O)[O-]. The molecule has 0 radical (unpaired) electrons. The average molecular weight is 327 g/mol. The normalized spacial score (nSPS) is 21.9. The van der Waals surface area contributed by atoms with E-state index < -0.39 is 0 Å². The van der Waals surface area contributed by atoms with Crippen LogP contribution < -0.4 is 5.32 Å². The molecule has 19 heavy (non-hydrogen) atoms. The molecule has 1 unspecified atom stereocenters. The van der Waals surface area contributed by atoms with Crippen LogP contribution in [0.15, 0.2) is 22.7 Å². The second-order valence-electron chi connectivity index (χ2n) is 5.85. The molecule has 0 aromatic heterocycles. The maximum Gasteiger partial charge on any atom is 0.293 e. The van der Waals surface area contributed by atoms with E-state index in [0.29, 0.717) is 11.7 Å². The molecule has 0 spiro atoms. The van der Waals surface area contributed by atoms with Crippen LogP contribution in [0, 0.1) is 15.5 Å². The number of rotatable bonds is 3. The summed E-state index contributed by atoms with van der Waals surface area (Å²) in [5.74, 6) is 0. The fourth-order valence-electron chi connectivity index (χ4n) is 2.73. The summed E-state index contributed by atoms with van der Waals surface area (Å²) in [6, 6.07) is 5.47. The molecule has 0 bridgehead atoms. The minimum absolute atomic E-state index is 0.135. The Morgan fingerprint density at radius 1 is 1.42 bits per heavy atom. The zero-order chi connectivity index (χ0) is 14.0. The van der Waals surface area contributed by atoms with Gasteiger partial charge in [-0.15, -0.1) is 0 Å². The van der Waals surface area contributed by atoms with Gasteiger partial charge in [0.25, 0.3) is 5.69 Å². The minimum atomic E-state index is -0.330. The summed E-state index contributed by atoms with van der Waals surface area (Å²) in [6.45, 7) is 4.46. The van der Waals surface area contributed by atoms with Gasteiger partial charge in [-0.2, -0.15) is 0 Å². The highest BCUT2D eigenvalue weighted by atomic mass is 79.9. The van der Waals surface area contributed by atoms with Gasteiger partial charge in [-0.05, 0) is 30.4 Å². The van der Waals surface area contributed by atoms with Crippen molar-refractivity contribution >= 4 is 27.3 Å². The zero-order valence-electron chi connectivity index (χ0n) is 11.3. The van der Waals surface area contributed by atoms with E-state index in [4.69, 9.17) is 0 Å². The summed E-state index contributed by atoms with van der Waals surface area (Å²) >= 11 is 3.28. The first-order valence-corrected chi connectivity index (χ1v) is 7.40. The monoisotopic (exact) mass is 326 g/mol. The van der Waals surface area contributed by atoms with E-state index in [1.165, 1.54) is 12.8 Å². The number of nitrogens with one attached hydrogen (secondary N) is 1. The Bertz CT molecular complexity index is 488. The van der Waals surface area contributed by atoms with Crippen LogP contribution >= 0.6 is 15.9 Å². The molecule has 1 aliphatic rings. The van der Waals surface area contributed by atoms with Crippen molar-refractivity contribution < 1.29 is 4.92 Å². The Labute approximate surface area is 121 Å². The lowest BCUT2D eigenvalue weighted by Gasteiger charge is -2.39. The minimum Gasteiger partial charge on any atom is -0.376 e. The molecule has 1 aliphatic carbocycles. The molecule has 1 aromatic carbocycles. The number of hydrogen-bond acceptors (Lipinski definition) is 3. The molecule has 1 aromatic rings. The predicted octanol–water partition coefficient (Wildman–Crippen LogP) is 4.74. The van der Waals surface area contributed by atoms with Crippen molar-refractivity contribution in [3.63, 3.8) is 0 Å². The fraction of sp³-hybridized carbons (Fsp3) is 0.571. The highest BCUT2D eigenvalue weighted by Crippen LogP contribution is 2.39. The van der Waals surface area contributed by atoms with Gasteiger partial charge in [0, 0.05) is 16.6 Å². The van der Waals surface area contributed by atoms with Crippen LogP contribution in [0.5, 0.6) is 0 Å². The summed E-state index contributed by atoms with van der Waals surface area (Å²) in [7, 11) is 0. The number of nitrogens with zero attached hydrogens (tertiary/aromatic N) is 1. The molecule has 1 fully saturated rings. The van der Waals surface area contributed by atoms with Crippen LogP contribution in [0.1, 0.15) is 39.5 Å². The lowest BCUT2D eigenvalue weighted by Crippen LogP contribution is -2.39. The zero-order valence-corrected chi connectivity index (χ0v) is 12.9. The molecule has 2 rings (SSSR count). The molecule has 5 heteroatoms. The number of nitro groups is 1. The van der Waals surface area contributed by atoms with Crippen molar-refractivity contribution in [3.05, 3.63) is 32.8 Å².